The van der Waals surface area contributed by atoms with Gasteiger partial charge >= 0.3 is 0 Å². The summed E-state index contributed by atoms with van der Waals surface area (Å²) in [6, 6.07) is 14.1. The molecule has 6 nitrogen and oxygen atoms in total. The van der Waals surface area contributed by atoms with Gasteiger partial charge in [0.25, 0.3) is 11.1 Å². The van der Waals surface area contributed by atoms with E-state index in [1.54, 1.807) is 36.4 Å². The summed E-state index contributed by atoms with van der Waals surface area (Å²) in [7, 11) is 0. The Morgan fingerprint density at radius 2 is 1.22 bits per heavy atom. The zero-order valence-corrected chi connectivity index (χ0v) is 18.6. The zero-order chi connectivity index (χ0) is 22.6. The van der Waals surface area contributed by atoms with Crippen LogP contribution in [-0.4, -0.2) is 9.97 Å². The molecule has 6 heteroatoms. The molecule has 2 aromatic carbocycles. The standard InChI is InChI=1S/C26H28N2O4/c1-3-5-6-7-12-17-26(4-2,24-27-22(29)18-13-8-10-15-20(18)31-24)25-28-23(30)19-14-9-11-16-21(19)32-25/h8-11,13-16H,3-7,12,17H2,1-2H3. The number of hydrogen-bond donors (Lipinski definition) is 0. The van der Waals surface area contributed by atoms with Crippen LogP contribution < -0.4 is 11.1 Å². The molecule has 0 N–H and O–H groups in total. The molecule has 32 heavy (non-hydrogen) atoms. The molecular weight excluding hydrogens is 404 g/mol. The van der Waals surface area contributed by atoms with Crippen LogP contribution in [0.15, 0.2) is 67.0 Å². The van der Waals surface area contributed by atoms with Crippen LogP contribution in [0.25, 0.3) is 21.9 Å². The van der Waals surface area contributed by atoms with Crippen LogP contribution in [-0.2, 0) is 5.41 Å². The second-order valence-electron chi connectivity index (χ2n) is 8.24. The summed E-state index contributed by atoms with van der Waals surface area (Å²) in [5.74, 6) is 0.509. The molecule has 0 aliphatic heterocycles. The van der Waals surface area contributed by atoms with E-state index >= 15 is 0 Å². The molecule has 0 aliphatic rings. The van der Waals surface area contributed by atoms with Gasteiger partial charge in [0.15, 0.2) is 0 Å². The van der Waals surface area contributed by atoms with Crippen LogP contribution >= 0.6 is 0 Å². The third kappa shape index (κ3) is 4.09. The van der Waals surface area contributed by atoms with Crippen molar-refractivity contribution < 1.29 is 8.83 Å². The zero-order valence-electron chi connectivity index (χ0n) is 18.6. The molecule has 0 saturated heterocycles. The van der Waals surface area contributed by atoms with E-state index in [1.807, 2.05) is 19.1 Å². The maximum Gasteiger partial charge on any atom is 0.283 e. The number of rotatable bonds is 9. The van der Waals surface area contributed by atoms with Gasteiger partial charge in [-0.3, -0.25) is 9.59 Å². The Labute approximate surface area is 186 Å². The Balaban J connectivity index is 1.89. The van der Waals surface area contributed by atoms with Crippen molar-refractivity contribution in [1.82, 2.24) is 9.97 Å². The Bertz CT molecular complexity index is 1250. The third-order valence-electron chi connectivity index (χ3n) is 6.18. The minimum atomic E-state index is -0.904. The maximum absolute atomic E-state index is 12.8. The van der Waals surface area contributed by atoms with E-state index in [0.29, 0.717) is 34.8 Å². The van der Waals surface area contributed by atoms with Crippen molar-refractivity contribution >= 4 is 21.9 Å². The Kier molecular flexibility index (Phi) is 6.49. The van der Waals surface area contributed by atoms with Crippen LogP contribution in [0.5, 0.6) is 0 Å². The maximum atomic E-state index is 12.8. The molecule has 4 rings (SSSR count). The number of hydrogen-bond acceptors (Lipinski definition) is 6. The van der Waals surface area contributed by atoms with Crippen LogP contribution in [0.4, 0.5) is 0 Å². The van der Waals surface area contributed by atoms with E-state index in [9.17, 15) is 9.59 Å². The number of fused-ring (bicyclic) bond motifs is 2. The van der Waals surface area contributed by atoms with Crippen LogP contribution in [0.2, 0.25) is 0 Å². The van der Waals surface area contributed by atoms with Gasteiger partial charge in [0.2, 0.25) is 11.8 Å². The molecule has 0 unspecified atom stereocenters. The molecule has 0 fully saturated rings. The fourth-order valence-corrected chi connectivity index (χ4v) is 4.25. The number of aromatic nitrogens is 2. The van der Waals surface area contributed by atoms with Gasteiger partial charge in [-0.1, -0.05) is 70.2 Å². The third-order valence-corrected chi connectivity index (χ3v) is 6.18. The van der Waals surface area contributed by atoms with Crippen molar-refractivity contribution in [3.63, 3.8) is 0 Å². The molecule has 166 valence electrons. The predicted molar refractivity (Wildman–Crippen MR) is 125 cm³/mol. The monoisotopic (exact) mass is 432 g/mol. The fraction of sp³-hybridized carbons (Fsp3) is 0.385. The Morgan fingerprint density at radius 3 is 1.72 bits per heavy atom. The SMILES string of the molecule is CCCCCCCC(CC)(c1nc(=O)c2ccccc2o1)c1nc(=O)c2ccccc2o1. The first-order valence-corrected chi connectivity index (χ1v) is 11.4. The van der Waals surface area contributed by atoms with E-state index in [-0.39, 0.29) is 22.9 Å². The predicted octanol–water partition coefficient (Wildman–Crippen LogP) is 5.75. The molecular formula is C26H28N2O4. The molecule has 0 spiro atoms. The van der Waals surface area contributed by atoms with E-state index in [2.05, 4.69) is 16.9 Å². The lowest BCUT2D eigenvalue weighted by Crippen LogP contribution is -2.33. The van der Waals surface area contributed by atoms with Gasteiger partial charge < -0.3 is 8.83 Å². The highest BCUT2D eigenvalue weighted by atomic mass is 16.4. The lowest BCUT2D eigenvalue weighted by Gasteiger charge is -2.28. The lowest BCUT2D eigenvalue weighted by atomic mass is 9.79. The van der Waals surface area contributed by atoms with Crippen molar-refractivity contribution in [2.24, 2.45) is 0 Å². The summed E-state index contributed by atoms with van der Waals surface area (Å²) in [4.78, 5) is 34.3. The van der Waals surface area contributed by atoms with Crippen molar-refractivity contribution in [3.05, 3.63) is 81.0 Å². The molecule has 2 aromatic heterocycles. The average molecular weight is 433 g/mol. The normalized spacial score (nSPS) is 11.9. The molecule has 0 radical (unpaired) electrons. The first-order chi connectivity index (χ1) is 15.6. The summed E-state index contributed by atoms with van der Waals surface area (Å²) < 4.78 is 12.3. The minimum Gasteiger partial charge on any atom is -0.441 e. The highest BCUT2D eigenvalue weighted by Crippen LogP contribution is 2.39. The molecule has 2 heterocycles. The first kappa shape index (κ1) is 21.9. The fourth-order valence-electron chi connectivity index (χ4n) is 4.25. The summed E-state index contributed by atoms with van der Waals surface area (Å²) in [5, 5.41) is 0.856. The quantitative estimate of drug-likeness (QED) is 0.313. The van der Waals surface area contributed by atoms with Crippen LogP contribution in [0, 0.1) is 0 Å². The van der Waals surface area contributed by atoms with Crippen molar-refractivity contribution in [3.8, 4) is 0 Å². The summed E-state index contributed by atoms with van der Waals surface area (Å²) in [6.07, 6.45) is 6.52. The van der Waals surface area contributed by atoms with E-state index in [0.717, 1.165) is 25.7 Å². The smallest absolute Gasteiger partial charge is 0.283 e. The molecule has 0 atom stereocenters. The van der Waals surface area contributed by atoms with E-state index < -0.39 is 5.41 Å². The van der Waals surface area contributed by atoms with Gasteiger partial charge in [0.05, 0.1) is 10.8 Å². The number of para-hydroxylation sites is 2. The van der Waals surface area contributed by atoms with Crippen LogP contribution in [0.3, 0.4) is 0 Å². The highest BCUT2D eigenvalue weighted by molar-refractivity contribution is 5.76. The van der Waals surface area contributed by atoms with Gasteiger partial charge in [-0.05, 0) is 37.1 Å². The summed E-state index contributed by atoms with van der Waals surface area (Å²) in [6.45, 7) is 4.16. The van der Waals surface area contributed by atoms with Crippen LogP contribution in [0.1, 0.15) is 70.6 Å². The average Bonchev–Trinajstić information content (AvgIpc) is 2.81. The molecule has 0 bridgehead atoms. The van der Waals surface area contributed by atoms with Crippen molar-refractivity contribution in [2.75, 3.05) is 0 Å². The molecule has 4 aromatic rings. The van der Waals surface area contributed by atoms with E-state index in [1.165, 1.54) is 6.42 Å². The first-order valence-electron chi connectivity index (χ1n) is 11.4. The van der Waals surface area contributed by atoms with Crippen molar-refractivity contribution in [1.29, 1.82) is 0 Å². The van der Waals surface area contributed by atoms with Gasteiger partial charge in [-0.15, -0.1) is 0 Å². The molecule has 0 aliphatic carbocycles. The van der Waals surface area contributed by atoms with Gasteiger partial charge in [0.1, 0.15) is 16.6 Å². The molecule has 0 amide bonds. The molecule has 0 saturated carbocycles. The summed E-state index contributed by atoms with van der Waals surface area (Å²) >= 11 is 0. The number of nitrogens with zero attached hydrogens (tertiary/aromatic N) is 2. The lowest BCUT2D eigenvalue weighted by molar-refractivity contribution is 0.269. The van der Waals surface area contributed by atoms with Gasteiger partial charge in [-0.25, -0.2) is 0 Å². The summed E-state index contributed by atoms with van der Waals surface area (Å²) in [5.41, 5.74) is -0.676. The van der Waals surface area contributed by atoms with E-state index in [4.69, 9.17) is 8.83 Å². The second kappa shape index (κ2) is 9.47. The number of unbranched alkanes of at least 4 members (excludes halogenated alkanes) is 4. The Morgan fingerprint density at radius 1 is 0.719 bits per heavy atom. The minimum absolute atomic E-state index is 0.255. The van der Waals surface area contributed by atoms with Gasteiger partial charge in [-0.2, -0.15) is 9.97 Å². The Hall–Kier alpha value is -3.28. The topological polar surface area (TPSA) is 86.2 Å². The van der Waals surface area contributed by atoms with Gasteiger partial charge in [0, 0.05) is 0 Å². The highest BCUT2D eigenvalue weighted by Gasteiger charge is 2.41. The largest absolute Gasteiger partial charge is 0.441 e. The van der Waals surface area contributed by atoms with Crippen molar-refractivity contribution in [2.45, 2.75) is 64.2 Å². The second-order valence-corrected chi connectivity index (χ2v) is 8.24. The number of benzene rings is 2.